The van der Waals surface area contributed by atoms with Crippen LogP contribution in [0.4, 0.5) is 19.0 Å². The van der Waals surface area contributed by atoms with Crippen molar-refractivity contribution < 1.29 is 22.6 Å². The number of alkyl halides is 3. The Bertz CT molecular complexity index is 1100. The van der Waals surface area contributed by atoms with E-state index in [1.54, 1.807) is 24.5 Å². The lowest BCUT2D eigenvalue weighted by molar-refractivity contribution is -0.137. The van der Waals surface area contributed by atoms with Crippen molar-refractivity contribution >= 4 is 40.8 Å². The number of benzene rings is 2. The minimum absolute atomic E-state index is 0.0705. The summed E-state index contributed by atoms with van der Waals surface area (Å²) in [6, 6.07) is 6.89. The van der Waals surface area contributed by atoms with Gasteiger partial charge < -0.3 is 15.2 Å². The third-order valence-electron chi connectivity index (χ3n) is 4.30. The van der Waals surface area contributed by atoms with Crippen LogP contribution >= 0.6 is 35.0 Å². The Morgan fingerprint density at radius 2 is 1.76 bits per heavy atom. The van der Waals surface area contributed by atoms with Crippen LogP contribution in [-0.4, -0.2) is 22.8 Å². The van der Waals surface area contributed by atoms with Crippen LogP contribution in [0.2, 0.25) is 10.0 Å². The molecule has 0 atom stereocenters. The van der Waals surface area contributed by atoms with E-state index in [1.165, 1.54) is 16.4 Å². The molecule has 0 bridgehead atoms. The molecule has 11 heteroatoms. The van der Waals surface area contributed by atoms with Crippen LogP contribution in [0.1, 0.15) is 5.56 Å². The molecule has 0 saturated heterocycles. The Morgan fingerprint density at radius 3 is 2.38 bits per heavy atom. The highest BCUT2D eigenvalue weighted by Gasteiger charge is 2.33. The predicted molar refractivity (Wildman–Crippen MR) is 106 cm³/mol. The number of rotatable bonds is 3. The van der Waals surface area contributed by atoms with E-state index in [4.69, 9.17) is 38.4 Å². The fraction of sp³-hybridized carbons (Fsp3) is 0.167. The highest BCUT2D eigenvalue weighted by atomic mass is 35.5. The van der Waals surface area contributed by atoms with E-state index in [-0.39, 0.29) is 28.3 Å². The number of nitrogens with zero attached hydrogens (tertiary/aromatic N) is 2. The van der Waals surface area contributed by atoms with Crippen molar-refractivity contribution in [2.45, 2.75) is 11.2 Å². The normalized spacial score (nSPS) is 13.2. The van der Waals surface area contributed by atoms with Crippen molar-refractivity contribution in [1.82, 2.24) is 9.78 Å². The van der Waals surface area contributed by atoms with Crippen LogP contribution in [0.25, 0.3) is 16.8 Å². The van der Waals surface area contributed by atoms with Crippen molar-refractivity contribution in [2.75, 3.05) is 18.8 Å². The van der Waals surface area contributed by atoms with Crippen LogP contribution in [0.5, 0.6) is 11.5 Å². The summed E-state index contributed by atoms with van der Waals surface area (Å²) < 4.78 is 51.0. The van der Waals surface area contributed by atoms with Gasteiger partial charge >= 0.3 is 6.18 Å². The summed E-state index contributed by atoms with van der Waals surface area (Å²) in [6.07, 6.45) is -2.78. The van der Waals surface area contributed by atoms with E-state index >= 15 is 0 Å². The predicted octanol–water partition coefficient (Wildman–Crippen LogP) is 5.90. The molecule has 29 heavy (non-hydrogen) atoms. The minimum atomic E-state index is -4.58. The van der Waals surface area contributed by atoms with Gasteiger partial charge in [0.2, 0.25) is 6.79 Å². The molecule has 3 aromatic rings. The summed E-state index contributed by atoms with van der Waals surface area (Å²) in [6.45, 7) is 0.125. The zero-order chi connectivity index (χ0) is 20.9. The maximum atomic E-state index is 13.0. The highest BCUT2D eigenvalue weighted by Crippen LogP contribution is 2.44. The van der Waals surface area contributed by atoms with Gasteiger partial charge in [-0.2, -0.15) is 18.3 Å². The van der Waals surface area contributed by atoms with Crippen LogP contribution in [0, 0.1) is 0 Å². The molecule has 2 heterocycles. The van der Waals surface area contributed by atoms with E-state index in [0.29, 0.717) is 27.7 Å². The first-order valence-electron chi connectivity index (χ1n) is 8.10. The van der Waals surface area contributed by atoms with Gasteiger partial charge in [-0.3, -0.25) is 0 Å². The number of anilines is 1. The summed E-state index contributed by atoms with van der Waals surface area (Å²) in [7, 11) is 0. The van der Waals surface area contributed by atoms with E-state index < -0.39 is 11.7 Å². The average molecular weight is 462 g/mol. The molecule has 152 valence electrons. The van der Waals surface area contributed by atoms with Crippen LogP contribution in [0.15, 0.2) is 35.4 Å². The first kappa shape index (κ1) is 20.1. The molecule has 0 aliphatic carbocycles. The van der Waals surface area contributed by atoms with Gasteiger partial charge in [-0.25, -0.2) is 4.68 Å². The number of thioether (sulfide) groups is 1. The lowest BCUT2D eigenvalue weighted by Crippen LogP contribution is -2.08. The van der Waals surface area contributed by atoms with E-state index in [1.807, 2.05) is 0 Å². The third-order valence-corrected chi connectivity index (χ3v) is 5.55. The molecule has 0 saturated carbocycles. The Morgan fingerprint density at radius 1 is 1.10 bits per heavy atom. The molecule has 0 fully saturated rings. The monoisotopic (exact) mass is 461 g/mol. The third kappa shape index (κ3) is 3.47. The average Bonchev–Trinajstić information content (AvgIpc) is 3.24. The molecule has 0 spiro atoms. The highest BCUT2D eigenvalue weighted by molar-refractivity contribution is 7.98. The van der Waals surface area contributed by atoms with Gasteiger partial charge in [-0.1, -0.05) is 29.3 Å². The Kier molecular flexibility index (Phi) is 5.00. The minimum Gasteiger partial charge on any atom is -0.454 e. The van der Waals surface area contributed by atoms with Crippen molar-refractivity contribution in [3.63, 3.8) is 0 Å². The summed E-state index contributed by atoms with van der Waals surface area (Å²) >= 11 is 13.6. The van der Waals surface area contributed by atoms with Crippen LogP contribution < -0.4 is 15.2 Å². The summed E-state index contributed by atoms with van der Waals surface area (Å²) in [5, 5.41) is 4.53. The first-order chi connectivity index (χ1) is 13.7. The maximum Gasteiger partial charge on any atom is 0.416 e. The number of hydrogen-bond acceptors (Lipinski definition) is 5. The molecule has 0 amide bonds. The second kappa shape index (κ2) is 7.23. The van der Waals surface area contributed by atoms with Crippen LogP contribution in [0.3, 0.4) is 0 Å². The number of hydrogen-bond donors (Lipinski definition) is 1. The van der Waals surface area contributed by atoms with Gasteiger partial charge in [0.25, 0.3) is 0 Å². The Balaban J connectivity index is 1.88. The summed E-state index contributed by atoms with van der Waals surface area (Å²) in [5.41, 5.74) is 6.74. The number of nitrogens with two attached hydrogens (primary N) is 1. The molecule has 1 aromatic heterocycles. The first-order valence-corrected chi connectivity index (χ1v) is 10.1. The smallest absolute Gasteiger partial charge is 0.416 e. The fourth-order valence-electron chi connectivity index (χ4n) is 2.98. The second-order valence-electron chi connectivity index (χ2n) is 6.04. The maximum absolute atomic E-state index is 13.0. The van der Waals surface area contributed by atoms with Gasteiger partial charge in [-0.15, -0.1) is 11.8 Å². The molecule has 2 N–H and O–H groups in total. The van der Waals surface area contributed by atoms with E-state index in [0.717, 1.165) is 12.1 Å². The Hall–Kier alpha value is -2.23. The largest absolute Gasteiger partial charge is 0.454 e. The van der Waals surface area contributed by atoms with E-state index in [9.17, 15) is 13.2 Å². The molecule has 4 rings (SSSR count). The van der Waals surface area contributed by atoms with Crippen molar-refractivity contribution in [2.24, 2.45) is 0 Å². The van der Waals surface area contributed by atoms with Crippen molar-refractivity contribution in [3.8, 4) is 28.3 Å². The zero-order valence-electron chi connectivity index (χ0n) is 14.7. The molecule has 0 unspecified atom stereocenters. The lowest BCUT2D eigenvalue weighted by atomic mass is 10.1. The lowest BCUT2D eigenvalue weighted by Gasteiger charge is -2.13. The van der Waals surface area contributed by atoms with Crippen molar-refractivity contribution in [3.05, 3.63) is 45.9 Å². The molecular formula is C18H12Cl2F3N3O2S. The van der Waals surface area contributed by atoms with E-state index in [2.05, 4.69) is 5.10 Å². The van der Waals surface area contributed by atoms with Gasteiger partial charge in [-0.05, 0) is 36.1 Å². The number of fused-ring (bicyclic) bond motifs is 1. The fourth-order valence-corrected chi connectivity index (χ4v) is 4.22. The zero-order valence-corrected chi connectivity index (χ0v) is 17.0. The quantitative estimate of drug-likeness (QED) is 0.492. The standard InChI is InChI=1S/C18H12Cl2F3N3O2S/c1-29-17-14(8-2-3-12-13(4-8)28-7-27-12)16(24)26(25-17)15-10(19)5-9(6-11(15)20)18(21,22)23/h2-6H,7,24H2,1H3. The molecular weight excluding hydrogens is 450 g/mol. The SMILES string of the molecule is CSc1nn(-c2c(Cl)cc(C(F)(F)F)cc2Cl)c(N)c1-c1ccc2c(c1)OCO2. The number of ether oxygens (including phenoxy) is 2. The molecule has 5 nitrogen and oxygen atoms in total. The van der Waals surface area contributed by atoms with Crippen LogP contribution in [-0.2, 0) is 6.18 Å². The van der Waals surface area contributed by atoms with Crippen molar-refractivity contribution in [1.29, 1.82) is 0 Å². The number of halogens is 5. The Labute approximate surface area is 177 Å². The molecule has 1 aliphatic rings. The second-order valence-corrected chi connectivity index (χ2v) is 7.64. The van der Waals surface area contributed by atoms with Gasteiger partial charge in [0.1, 0.15) is 16.5 Å². The van der Waals surface area contributed by atoms with Gasteiger partial charge in [0.15, 0.2) is 11.5 Å². The van der Waals surface area contributed by atoms with Gasteiger partial charge in [0.05, 0.1) is 21.2 Å². The molecule has 2 aromatic carbocycles. The number of nitrogen functional groups attached to an aromatic ring is 1. The summed E-state index contributed by atoms with van der Waals surface area (Å²) in [5.74, 6) is 1.35. The molecule has 0 radical (unpaired) electrons. The topological polar surface area (TPSA) is 62.3 Å². The molecule has 1 aliphatic heterocycles. The number of aromatic nitrogens is 2. The van der Waals surface area contributed by atoms with Gasteiger partial charge in [0, 0.05) is 0 Å². The summed E-state index contributed by atoms with van der Waals surface area (Å²) in [4.78, 5) is 0.